The molecule has 0 heterocycles. The van der Waals surface area contributed by atoms with Crippen molar-refractivity contribution in [1.82, 2.24) is 0 Å². The zero-order valence-electron chi connectivity index (χ0n) is 14.2. The Bertz CT molecular complexity index is 749. The van der Waals surface area contributed by atoms with Crippen LogP contribution >= 0.6 is 31.9 Å². The second kappa shape index (κ2) is 7.70. The number of esters is 1. The zero-order valence-corrected chi connectivity index (χ0v) is 17.3. The van der Waals surface area contributed by atoms with Gasteiger partial charge < -0.3 is 9.47 Å². The minimum absolute atomic E-state index is 0.0328. The Morgan fingerprint density at radius 1 is 1.00 bits per heavy atom. The first-order chi connectivity index (χ1) is 11.2. The van der Waals surface area contributed by atoms with E-state index in [0.29, 0.717) is 23.7 Å². The van der Waals surface area contributed by atoms with Gasteiger partial charge in [-0.05, 0) is 80.1 Å². The Balaban J connectivity index is 2.19. The van der Waals surface area contributed by atoms with Crippen molar-refractivity contribution in [1.29, 1.82) is 0 Å². The maximum absolute atomic E-state index is 12.4. The molecule has 0 aliphatic rings. The van der Waals surface area contributed by atoms with E-state index in [9.17, 15) is 4.79 Å². The highest BCUT2D eigenvalue weighted by Crippen LogP contribution is 2.32. The summed E-state index contributed by atoms with van der Waals surface area (Å²) in [5.41, 5.74) is 1.65. The topological polar surface area (TPSA) is 35.5 Å². The molecule has 2 aromatic carbocycles. The third-order valence-electron chi connectivity index (χ3n) is 3.47. The van der Waals surface area contributed by atoms with Gasteiger partial charge in [-0.2, -0.15) is 0 Å². The Labute approximate surface area is 159 Å². The van der Waals surface area contributed by atoms with Gasteiger partial charge in [-0.15, -0.1) is 0 Å². The van der Waals surface area contributed by atoms with E-state index in [4.69, 9.17) is 9.47 Å². The van der Waals surface area contributed by atoms with Gasteiger partial charge in [0.1, 0.15) is 11.5 Å². The minimum atomic E-state index is -0.414. The lowest BCUT2D eigenvalue weighted by Crippen LogP contribution is -2.12. The molecule has 0 unspecified atom stereocenters. The van der Waals surface area contributed by atoms with Gasteiger partial charge in [0.2, 0.25) is 0 Å². The van der Waals surface area contributed by atoms with Crippen LogP contribution in [0.5, 0.6) is 11.5 Å². The second-order valence-electron chi connectivity index (χ2n) is 6.36. The van der Waals surface area contributed by atoms with Gasteiger partial charge >= 0.3 is 5.97 Å². The number of ether oxygens (including phenoxy) is 2. The molecule has 0 atom stereocenters. The molecule has 0 amide bonds. The summed E-state index contributed by atoms with van der Waals surface area (Å²) >= 11 is 6.89. The van der Waals surface area contributed by atoms with Crippen molar-refractivity contribution >= 4 is 37.8 Å². The number of hydrogen-bond acceptors (Lipinski definition) is 3. The van der Waals surface area contributed by atoms with E-state index in [0.717, 1.165) is 14.5 Å². The van der Waals surface area contributed by atoms with Crippen molar-refractivity contribution < 1.29 is 14.3 Å². The summed E-state index contributed by atoms with van der Waals surface area (Å²) in [6.45, 7) is 8.89. The van der Waals surface area contributed by atoms with Gasteiger partial charge in [0.05, 0.1) is 21.1 Å². The van der Waals surface area contributed by atoms with Crippen LogP contribution in [0.25, 0.3) is 0 Å². The van der Waals surface area contributed by atoms with E-state index in [1.807, 2.05) is 25.1 Å². The number of benzene rings is 2. The van der Waals surface area contributed by atoms with Crippen LogP contribution in [-0.4, -0.2) is 12.6 Å². The molecule has 0 saturated carbocycles. The Morgan fingerprint density at radius 2 is 1.62 bits per heavy atom. The smallest absolute Gasteiger partial charge is 0.343 e. The van der Waals surface area contributed by atoms with Crippen LogP contribution in [0.3, 0.4) is 0 Å². The van der Waals surface area contributed by atoms with Crippen molar-refractivity contribution in [2.75, 3.05) is 6.61 Å². The Morgan fingerprint density at radius 3 is 2.17 bits per heavy atom. The minimum Gasteiger partial charge on any atom is -0.493 e. The fourth-order valence-corrected chi connectivity index (χ4v) is 3.06. The van der Waals surface area contributed by atoms with Crippen molar-refractivity contribution in [3.05, 3.63) is 56.5 Å². The molecule has 5 heteroatoms. The molecule has 0 aliphatic heterocycles. The summed E-state index contributed by atoms with van der Waals surface area (Å²) in [5.74, 6) is 0.783. The molecular weight excluding hydrogens is 436 g/mol. The molecule has 0 saturated heterocycles. The third kappa shape index (κ3) is 4.61. The van der Waals surface area contributed by atoms with E-state index < -0.39 is 5.97 Å². The molecule has 3 nitrogen and oxygen atoms in total. The first kappa shape index (κ1) is 19.0. The number of halogens is 2. The van der Waals surface area contributed by atoms with E-state index >= 15 is 0 Å². The number of carbonyl (C=O) groups excluding carboxylic acids is 1. The van der Waals surface area contributed by atoms with Gasteiger partial charge in [-0.1, -0.05) is 26.8 Å². The molecule has 0 N–H and O–H groups in total. The number of carbonyl (C=O) groups is 1. The molecule has 0 aromatic heterocycles. The molecule has 2 aromatic rings. The number of hydrogen-bond donors (Lipinski definition) is 0. The van der Waals surface area contributed by atoms with Crippen LogP contribution in [0.1, 0.15) is 43.6 Å². The lowest BCUT2D eigenvalue weighted by atomic mass is 9.87. The average Bonchev–Trinajstić information content (AvgIpc) is 2.50. The van der Waals surface area contributed by atoms with Crippen molar-refractivity contribution in [3.63, 3.8) is 0 Å². The summed E-state index contributed by atoms with van der Waals surface area (Å²) in [7, 11) is 0. The van der Waals surface area contributed by atoms with Crippen LogP contribution in [0.2, 0.25) is 0 Å². The molecule has 0 aliphatic carbocycles. The van der Waals surface area contributed by atoms with E-state index in [-0.39, 0.29) is 5.41 Å². The van der Waals surface area contributed by atoms with Crippen LogP contribution < -0.4 is 9.47 Å². The van der Waals surface area contributed by atoms with Gasteiger partial charge in [0, 0.05) is 0 Å². The maximum atomic E-state index is 12.4. The molecule has 128 valence electrons. The van der Waals surface area contributed by atoms with Crippen molar-refractivity contribution in [3.8, 4) is 11.5 Å². The van der Waals surface area contributed by atoms with Gasteiger partial charge in [-0.3, -0.25) is 0 Å². The van der Waals surface area contributed by atoms with Gasteiger partial charge in [0.25, 0.3) is 0 Å². The largest absolute Gasteiger partial charge is 0.493 e. The Hall–Kier alpha value is -1.33. The predicted octanol–water partition coefficient (Wildman–Crippen LogP) is 6.13. The van der Waals surface area contributed by atoms with E-state index in [2.05, 4.69) is 52.6 Å². The zero-order chi connectivity index (χ0) is 17.9. The monoisotopic (exact) mass is 454 g/mol. The van der Waals surface area contributed by atoms with Crippen LogP contribution in [0, 0.1) is 0 Å². The summed E-state index contributed by atoms with van der Waals surface area (Å²) in [6, 6.07) is 10.9. The molecule has 2 rings (SSSR count). The summed E-state index contributed by atoms with van der Waals surface area (Å²) in [4.78, 5) is 12.4. The highest BCUT2D eigenvalue weighted by molar-refractivity contribution is 9.10. The molecule has 0 radical (unpaired) electrons. The number of rotatable bonds is 4. The Kier molecular flexibility index (Phi) is 6.10. The van der Waals surface area contributed by atoms with E-state index in [1.54, 1.807) is 18.2 Å². The first-order valence-corrected chi connectivity index (χ1v) is 9.25. The van der Waals surface area contributed by atoms with Gasteiger partial charge in [-0.25, -0.2) is 4.79 Å². The van der Waals surface area contributed by atoms with Crippen molar-refractivity contribution in [2.24, 2.45) is 0 Å². The molecule has 0 fully saturated rings. The van der Waals surface area contributed by atoms with Crippen LogP contribution in [-0.2, 0) is 5.41 Å². The summed E-state index contributed by atoms with van der Waals surface area (Å²) in [5, 5.41) is 0. The molecule has 0 bridgehead atoms. The SMILES string of the molecule is CCOc1ccc(C(=O)Oc2ccc(C(C)(C)C)cc2Br)cc1Br. The average molecular weight is 456 g/mol. The quantitative estimate of drug-likeness (QED) is 0.411. The lowest BCUT2D eigenvalue weighted by molar-refractivity contribution is 0.0733. The molecule has 0 spiro atoms. The third-order valence-corrected chi connectivity index (χ3v) is 4.71. The van der Waals surface area contributed by atoms with Gasteiger partial charge in [0.15, 0.2) is 0 Å². The van der Waals surface area contributed by atoms with Crippen LogP contribution in [0.4, 0.5) is 0 Å². The normalized spacial score (nSPS) is 11.2. The maximum Gasteiger partial charge on any atom is 0.343 e. The van der Waals surface area contributed by atoms with Crippen LogP contribution in [0.15, 0.2) is 45.3 Å². The standard InChI is InChI=1S/C19H20Br2O3/c1-5-23-16-8-6-12(10-14(16)20)18(22)24-17-9-7-13(11-15(17)21)19(2,3)4/h6-11H,5H2,1-4H3. The summed E-state index contributed by atoms with van der Waals surface area (Å²) in [6.07, 6.45) is 0. The molecule has 24 heavy (non-hydrogen) atoms. The lowest BCUT2D eigenvalue weighted by Gasteiger charge is -2.20. The van der Waals surface area contributed by atoms with E-state index in [1.165, 1.54) is 0 Å². The first-order valence-electron chi connectivity index (χ1n) is 7.67. The predicted molar refractivity (Wildman–Crippen MR) is 103 cm³/mol. The fraction of sp³-hybridized carbons (Fsp3) is 0.316. The molecular formula is C19H20Br2O3. The highest BCUT2D eigenvalue weighted by Gasteiger charge is 2.17. The summed E-state index contributed by atoms with van der Waals surface area (Å²) < 4.78 is 12.4. The highest BCUT2D eigenvalue weighted by atomic mass is 79.9. The second-order valence-corrected chi connectivity index (χ2v) is 8.07. The fourth-order valence-electron chi connectivity index (χ4n) is 2.11. The van der Waals surface area contributed by atoms with Crippen molar-refractivity contribution in [2.45, 2.75) is 33.1 Å².